The number of hydrogen-bond donors (Lipinski definition) is 0. The summed E-state index contributed by atoms with van der Waals surface area (Å²) in [7, 11) is 0. The Morgan fingerprint density at radius 2 is 1.11 bits per heavy atom. The van der Waals surface area contributed by atoms with Crippen LogP contribution < -0.4 is 0 Å². The van der Waals surface area contributed by atoms with Crippen LogP contribution in [0.25, 0.3) is 55.8 Å². The second kappa shape index (κ2) is 9.98. The zero-order valence-corrected chi connectivity index (χ0v) is 24.7. The topological polar surface area (TPSA) is 51.8 Å². The van der Waals surface area contributed by atoms with Gasteiger partial charge in [0.15, 0.2) is 11.6 Å². The summed E-state index contributed by atoms with van der Waals surface area (Å²) in [6.07, 6.45) is 0. The van der Waals surface area contributed by atoms with Crippen LogP contribution in [0.1, 0.15) is 22.3 Å². The van der Waals surface area contributed by atoms with Gasteiger partial charge in [-0.15, -0.1) is 0 Å². The van der Waals surface area contributed by atoms with Gasteiger partial charge in [-0.1, -0.05) is 127 Å². The average molecular weight is 598 g/mol. The minimum Gasteiger partial charge on any atom is -0.455 e. The van der Waals surface area contributed by atoms with Crippen molar-refractivity contribution in [3.05, 3.63) is 173 Å². The van der Waals surface area contributed by atoms with Crippen LogP contribution in [0.4, 0.5) is 0 Å². The number of nitrogens with zero attached hydrogens (tertiary/aromatic N) is 3. The first-order chi connectivity index (χ1) is 22.2. The SMILES string of the molecule is Clc1nc(-c2ccc3c(c2)-c2ccccc2C3(c2ccccc2)c2ccccc2)nc(-c2cccc3c2oc2ccccc23)n1. The highest BCUT2D eigenvalue weighted by Crippen LogP contribution is 2.56. The van der Waals surface area contributed by atoms with Crippen LogP contribution in [0.2, 0.25) is 5.28 Å². The molecule has 0 spiro atoms. The summed E-state index contributed by atoms with van der Waals surface area (Å²) >= 11 is 6.59. The van der Waals surface area contributed by atoms with Crippen molar-refractivity contribution < 1.29 is 4.42 Å². The third-order valence-corrected chi connectivity index (χ3v) is 9.14. The van der Waals surface area contributed by atoms with E-state index in [4.69, 9.17) is 21.0 Å². The molecule has 212 valence electrons. The Morgan fingerprint density at radius 3 is 1.91 bits per heavy atom. The maximum atomic E-state index is 6.59. The van der Waals surface area contributed by atoms with E-state index in [-0.39, 0.29) is 5.28 Å². The number of rotatable bonds is 4. The molecule has 4 nitrogen and oxygen atoms in total. The van der Waals surface area contributed by atoms with Gasteiger partial charge in [0, 0.05) is 16.3 Å². The molecule has 2 aromatic heterocycles. The van der Waals surface area contributed by atoms with E-state index in [1.54, 1.807) is 0 Å². The van der Waals surface area contributed by atoms with Crippen LogP contribution >= 0.6 is 11.6 Å². The fourth-order valence-corrected chi connectivity index (χ4v) is 7.27. The van der Waals surface area contributed by atoms with Gasteiger partial charge in [-0.25, -0.2) is 4.98 Å². The molecule has 0 aliphatic heterocycles. The van der Waals surface area contributed by atoms with Crippen LogP contribution in [0.3, 0.4) is 0 Å². The summed E-state index contributed by atoms with van der Waals surface area (Å²) in [6.45, 7) is 0. The highest BCUT2D eigenvalue weighted by atomic mass is 35.5. The first-order valence-corrected chi connectivity index (χ1v) is 15.3. The molecule has 8 aromatic rings. The lowest BCUT2D eigenvalue weighted by Gasteiger charge is -2.33. The molecule has 0 saturated heterocycles. The lowest BCUT2D eigenvalue weighted by molar-refractivity contribution is 0.669. The van der Waals surface area contributed by atoms with Gasteiger partial charge in [-0.2, -0.15) is 9.97 Å². The Hall–Kier alpha value is -5.58. The van der Waals surface area contributed by atoms with Gasteiger partial charge >= 0.3 is 0 Å². The van der Waals surface area contributed by atoms with E-state index in [1.807, 2.05) is 30.3 Å². The van der Waals surface area contributed by atoms with Gasteiger partial charge in [0.2, 0.25) is 5.28 Å². The van der Waals surface area contributed by atoms with Gasteiger partial charge in [0.25, 0.3) is 0 Å². The van der Waals surface area contributed by atoms with Crippen molar-refractivity contribution in [1.82, 2.24) is 15.0 Å². The normalized spacial score (nSPS) is 13.2. The summed E-state index contributed by atoms with van der Waals surface area (Å²) in [5.74, 6) is 0.980. The summed E-state index contributed by atoms with van der Waals surface area (Å²) < 4.78 is 6.29. The fourth-order valence-electron chi connectivity index (χ4n) is 7.11. The van der Waals surface area contributed by atoms with E-state index in [9.17, 15) is 0 Å². The molecule has 9 rings (SSSR count). The van der Waals surface area contributed by atoms with Crippen LogP contribution in [-0.4, -0.2) is 15.0 Å². The molecule has 1 aliphatic carbocycles. The Morgan fingerprint density at radius 1 is 0.489 bits per heavy atom. The van der Waals surface area contributed by atoms with E-state index in [0.717, 1.165) is 38.6 Å². The number of fused-ring (bicyclic) bond motifs is 6. The lowest BCUT2D eigenvalue weighted by atomic mass is 9.67. The molecule has 0 saturated carbocycles. The van der Waals surface area contributed by atoms with Crippen molar-refractivity contribution in [2.24, 2.45) is 0 Å². The molecule has 0 atom stereocenters. The van der Waals surface area contributed by atoms with Crippen molar-refractivity contribution in [3.63, 3.8) is 0 Å². The lowest BCUT2D eigenvalue weighted by Crippen LogP contribution is -2.28. The van der Waals surface area contributed by atoms with Crippen molar-refractivity contribution in [2.75, 3.05) is 0 Å². The predicted octanol–water partition coefficient (Wildman–Crippen LogP) is 10.1. The summed E-state index contributed by atoms with van der Waals surface area (Å²) in [5, 5.41) is 2.19. The van der Waals surface area contributed by atoms with Crippen molar-refractivity contribution in [2.45, 2.75) is 5.41 Å². The van der Waals surface area contributed by atoms with Gasteiger partial charge in [-0.3, -0.25) is 0 Å². The molecule has 0 unspecified atom stereocenters. The molecule has 5 heteroatoms. The number of para-hydroxylation sites is 2. The van der Waals surface area contributed by atoms with Crippen LogP contribution in [-0.2, 0) is 5.41 Å². The predicted molar refractivity (Wildman–Crippen MR) is 180 cm³/mol. The molecule has 45 heavy (non-hydrogen) atoms. The second-order valence-corrected chi connectivity index (χ2v) is 11.7. The van der Waals surface area contributed by atoms with E-state index < -0.39 is 5.41 Å². The minimum atomic E-state index is -0.466. The van der Waals surface area contributed by atoms with Gasteiger partial charge < -0.3 is 4.42 Å². The Kier molecular flexibility index (Phi) is 5.74. The van der Waals surface area contributed by atoms with E-state index in [0.29, 0.717) is 11.6 Å². The molecule has 6 aromatic carbocycles. The molecular weight excluding hydrogens is 574 g/mol. The zero-order valence-electron chi connectivity index (χ0n) is 24.0. The van der Waals surface area contributed by atoms with E-state index >= 15 is 0 Å². The van der Waals surface area contributed by atoms with Gasteiger partial charge in [0.05, 0.1) is 11.0 Å². The molecular formula is C40H24ClN3O. The van der Waals surface area contributed by atoms with Crippen LogP contribution in [0.5, 0.6) is 0 Å². The molecule has 0 radical (unpaired) electrons. The first kappa shape index (κ1) is 25.9. The summed E-state index contributed by atoms with van der Waals surface area (Å²) in [6, 6.07) is 50.7. The fraction of sp³-hybridized carbons (Fsp3) is 0.0250. The number of furan rings is 1. The van der Waals surface area contributed by atoms with Crippen LogP contribution in [0.15, 0.2) is 150 Å². The van der Waals surface area contributed by atoms with E-state index in [2.05, 4.69) is 125 Å². The highest BCUT2D eigenvalue weighted by molar-refractivity contribution is 6.28. The Balaban J connectivity index is 1.25. The number of hydrogen-bond acceptors (Lipinski definition) is 4. The second-order valence-electron chi connectivity index (χ2n) is 11.3. The third-order valence-electron chi connectivity index (χ3n) is 8.97. The quantitative estimate of drug-likeness (QED) is 0.202. The molecule has 0 bridgehead atoms. The van der Waals surface area contributed by atoms with Crippen LogP contribution in [0, 0.1) is 0 Å². The van der Waals surface area contributed by atoms with E-state index in [1.165, 1.54) is 27.8 Å². The highest BCUT2D eigenvalue weighted by Gasteiger charge is 2.46. The summed E-state index contributed by atoms with van der Waals surface area (Å²) in [4.78, 5) is 14.1. The minimum absolute atomic E-state index is 0.131. The molecule has 2 heterocycles. The Bertz CT molecular complexity index is 2360. The zero-order chi connectivity index (χ0) is 30.0. The van der Waals surface area contributed by atoms with Crippen molar-refractivity contribution >= 4 is 33.5 Å². The smallest absolute Gasteiger partial charge is 0.226 e. The molecule has 1 aliphatic rings. The first-order valence-electron chi connectivity index (χ1n) is 14.9. The largest absolute Gasteiger partial charge is 0.455 e. The molecule has 0 amide bonds. The van der Waals surface area contributed by atoms with Gasteiger partial charge in [0.1, 0.15) is 11.2 Å². The maximum absolute atomic E-state index is 6.59. The Labute approximate surface area is 264 Å². The standard InChI is InChI=1S/C40H24ClN3O/c41-39-43-37(42-38(44-39)31-19-11-18-30-29-17-8-10-21-35(29)45-36(30)31)25-22-23-34-32(24-25)28-16-7-9-20-33(28)40(34,26-12-3-1-4-13-26)27-14-5-2-6-15-27/h1-24H. The molecule has 0 fully saturated rings. The summed E-state index contributed by atoms with van der Waals surface area (Å²) in [5.41, 5.74) is 9.96. The molecule has 0 N–H and O–H groups in total. The average Bonchev–Trinajstić information content (AvgIpc) is 3.63. The number of halogens is 1. The maximum Gasteiger partial charge on any atom is 0.226 e. The number of aromatic nitrogens is 3. The number of benzene rings is 6. The van der Waals surface area contributed by atoms with Crippen molar-refractivity contribution in [1.29, 1.82) is 0 Å². The van der Waals surface area contributed by atoms with Gasteiger partial charge in [-0.05, 0) is 63.2 Å². The third kappa shape index (κ3) is 3.83. The van der Waals surface area contributed by atoms with Crippen molar-refractivity contribution in [3.8, 4) is 33.9 Å². The monoisotopic (exact) mass is 597 g/mol.